The van der Waals surface area contributed by atoms with Gasteiger partial charge in [0, 0.05) is 32.2 Å². The summed E-state index contributed by atoms with van der Waals surface area (Å²) in [5.41, 5.74) is 0. The minimum Gasteiger partial charge on any atom is -0.377 e. The fraction of sp³-hybridized carbons (Fsp3) is 1.00. The van der Waals surface area contributed by atoms with Crippen LogP contribution in [0.2, 0.25) is 6.04 Å². The highest BCUT2D eigenvalue weighted by Crippen LogP contribution is 2.18. The molecule has 0 aromatic heterocycles. The summed E-state index contributed by atoms with van der Waals surface area (Å²) in [5.74, 6) is 0. The Bertz CT molecular complexity index is 97.7. The van der Waals surface area contributed by atoms with Gasteiger partial charge in [0.1, 0.15) is 0 Å². The average molecular weight is 243 g/mol. The van der Waals surface area contributed by atoms with E-state index in [1.807, 2.05) is 6.92 Å². The lowest BCUT2D eigenvalue weighted by atomic mass is 10.6. The molecule has 0 aromatic carbocycles. The van der Waals surface area contributed by atoms with Crippen molar-refractivity contribution < 1.29 is 13.3 Å². The van der Waals surface area contributed by atoms with Gasteiger partial charge in [-0.15, -0.1) is 0 Å². The summed E-state index contributed by atoms with van der Waals surface area (Å²) < 4.78 is 15.6. The van der Waals surface area contributed by atoms with Crippen molar-refractivity contribution in [2.75, 3.05) is 21.3 Å². The van der Waals surface area contributed by atoms with Gasteiger partial charge in [0.15, 0.2) is 0 Å². The van der Waals surface area contributed by atoms with Gasteiger partial charge in [-0.3, -0.25) is 0 Å². The highest BCUT2D eigenvalue weighted by Gasteiger charge is 2.38. The van der Waals surface area contributed by atoms with Crippen molar-refractivity contribution in [3.8, 4) is 0 Å². The first kappa shape index (κ1) is 11.6. The molecule has 3 nitrogen and oxygen atoms in total. The van der Waals surface area contributed by atoms with Crippen molar-refractivity contribution in [1.29, 1.82) is 0 Å². The number of hydrogen-bond acceptors (Lipinski definition) is 3. The van der Waals surface area contributed by atoms with Crippen molar-refractivity contribution in [3.63, 3.8) is 0 Å². The van der Waals surface area contributed by atoms with E-state index in [1.54, 1.807) is 21.3 Å². The van der Waals surface area contributed by atoms with E-state index >= 15 is 0 Å². The number of alkyl halides is 1. The van der Waals surface area contributed by atoms with Crippen LogP contribution in [-0.2, 0) is 13.3 Å². The first-order valence-electron chi connectivity index (χ1n) is 3.39. The largest absolute Gasteiger partial charge is 0.501 e. The zero-order valence-electron chi connectivity index (χ0n) is 7.39. The molecule has 0 fully saturated rings. The summed E-state index contributed by atoms with van der Waals surface area (Å²) >= 11 is 3.43. The van der Waals surface area contributed by atoms with E-state index in [9.17, 15) is 0 Å². The quantitative estimate of drug-likeness (QED) is 0.542. The molecule has 11 heavy (non-hydrogen) atoms. The normalized spacial score (nSPS) is 15.0. The molecule has 0 heterocycles. The molecule has 0 saturated heterocycles. The van der Waals surface area contributed by atoms with Crippen LogP contribution < -0.4 is 0 Å². The van der Waals surface area contributed by atoms with E-state index < -0.39 is 8.80 Å². The van der Waals surface area contributed by atoms with Crippen LogP contribution in [0.15, 0.2) is 0 Å². The summed E-state index contributed by atoms with van der Waals surface area (Å²) in [5, 5.41) is 0. The Morgan fingerprint density at radius 2 is 1.55 bits per heavy atom. The summed E-state index contributed by atoms with van der Waals surface area (Å²) in [6.45, 7) is 2.04. The van der Waals surface area contributed by atoms with Crippen LogP contribution in [0.4, 0.5) is 0 Å². The summed E-state index contributed by atoms with van der Waals surface area (Å²) in [6, 6.07) is 0.788. The summed E-state index contributed by atoms with van der Waals surface area (Å²) in [7, 11) is 2.53. The molecular weight excluding hydrogens is 228 g/mol. The molecule has 0 saturated carbocycles. The molecule has 5 heteroatoms. The van der Waals surface area contributed by atoms with Crippen LogP contribution in [0, 0.1) is 0 Å². The lowest BCUT2D eigenvalue weighted by Gasteiger charge is -2.25. The Kier molecular flexibility index (Phi) is 5.54. The minimum atomic E-state index is -2.33. The Labute approximate surface area is 77.5 Å². The van der Waals surface area contributed by atoms with E-state index in [-0.39, 0.29) is 0 Å². The van der Waals surface area contributed by atoms with E-state index in [4.69, 9.17) is 13.3 Å². The molecule has 0 aliphatic carbocycles. The maximum Gasteiger partial charge on any atom is 0.501 e. The molecule has 0 spiro atoms. The van der Waals surface area contributed by atoms with Crippen molar-refractivity contribution in [1.82, 2.24) is 0 Å². The fourth-order valence-corrected chi connectivity index (χ4v) is 3.72. The van der Waals surface area contributed by atoms with Crippen LogP contribution in [-0.4, -0.2) is 35.0 Å². The summed E-state index contributed by atoms with van der Waals surface area (Å²) in [4.78, 5) is 0.356. The molecule has 0 N–H and O–H groups in total. The third-order valence-corrected chi connectivity index (χ3v) is 5.36. The van der Waals surface area contributed by atoms with E-state index in [1.165, 1.54) is 0 Å². The second-order valence-electron chi connectivity index (χ2n) is 2.28. The van der Waals surface area contributed by atoms with Crippen LogP contribution in [0.5, 0.6) is 0 Å². The number of hydrogen-bond donors (Lipinski definition) is 0. The van der Waals surface area contributed by atoms with Crippen molar-refractivity contribution >= 4 is 24.7 Å². The molecule has 0 radical (unpaired) electrons. The van der Waals surface area contributed by atoms with E-state index in [0.29, 0.717) is 4.83 Å². The standard InChI is InChI=1S/C6H15BrO3Si/c1-6(7)5-11(8-2,9-3)10-4/h6H,5H2,1-4H3. The monoisotopic (exact) mass is 242 g/mol. The SMILES string of the molecule is CO[Si](CC(C)Br)(OC)OC. The molecule has 1 atom stereocenters. The molecular formula is C6H15BrO3Si. The predicted molar refractivity (Wildman–Crippen MR) is 50.0 cm³/mol. The van der Waals surface area contributed by atoms with Gasteiger partial charge in [-0.1, -0.05) is 22.9 Å². The third kappa shape index (κ3) is 3.66. The molecule has 0 aliphatic heterocycles. The molecule has 0 rings (SSSR count). The molecule has 0 bridgehead atoms. The van der Waals surface area contributed by atoms with Gasteiger partial charge in [0.05, 0.1) is 0 Å². The Hall–Kier alpha value is 0.577. The fourth-order valence-electron chi connectivity index (χ4n) is 0.844. The Morgan fingerprint density at radius 3 is 1.64 bits per heavy atom. The van der Waals surface area contributed by atoms with Crippen LogP contribution >= 0.6 is 15.9 Å². The first-order chi connectivity index (χ1) is 5.10. The van der Waals surface area contributed by atoms with Gasteiger partial charge in [0.25, 0.3) is 0 Å². The van der Waals surface area contributed by atoms with Crippen LogP contribution in [0.1, 0.15) is 6.92 Å². The number of halogens is 1. The van der Waals surface area contributed by atoms with Crippen molar-refractivity contribution in [2.45, 2.75) is 17.8 Å². The zero-order chi connectivity index (χ0) is 8.91. The lowest BCUT2D eigenvalue weighted by Crippen LogP contribution is -2.44. The van der Waals surface area contributed by atoms with Crippen LogP contribution in [0.3, 0.4) is 0 Å². The van der Waals surface area contributed by atoms with Gasteiger partial charge in [-0.05, 0) is 0 Å². The molecule has 0 aromatic rings. The van der Waals surface area contributed by atoms with E-state index in [0.717, 1.165) is 6.04 Å². The lowest BCUT2D eigenvalue weighted by molar-refractivity contribution is 0.124. The first-order valence-corrected chi connectivity index (χ1v) is 6.24. The third-order valence-electron chi connectivity index (χ3n) is 1.46. The average Bonchev–Trinajstić information content (AvgIpc) is 2.00. The van der Waals surface area contributed by atoms with E-state index in [2.05, 4.69) is 15.9 Å². The highest BCUT2D eigenvalue weighted by molar-refractivity contribution is 9.09. The predicted octanol–water partition coefficient (Wildman–Crippen LogP) is 1.65. The van der Waals surface area contributed by atoms with Gasteiger partial charge < -0.3 is 13.3 Å². The van der Waals surface area contributed by atoms with Gasteiger partial charge in [0.2, 0.25) is 0 Å². The van der Waals surface area contributed by atoms with Gasteiger partial charge in [-0.2, -0.15) is 0 Å². The number of rotatable bonds is 5. The Morgan fingerprint density at radius 1 is 1.18 bits per heavy atom. The maximum atomic E-state index is 5.21. The Balaban J connectivity index is 4.05. The maximum absolute atomic E-state index is 5.21. The molecule has 1 unspecified atom stereocenters. The smallest absolute Gasteiger partial charge is 0.377 e. The molecule has 68 valence electrons. The van der Waals surface area contributed by atoms with Gasteiger partial charge >= 0.3 is 8.80 Å². The second-order valence-corrected chi connectivity index (χ2v) is 6.84. The molecule has 0 aliphatic rings. The van der Waals surface area contributed by atoms with Crippen molar-refractivity contribution in [3.05, 3.63) is 0 Å². The topological polar surface area (TPSA) is 27.7 Å². The summed E-state index contributed by atoms with van der Waals surface area (Å²) in [6.07, 6.45) is 0. The van der Waals surface area contributed by atoms with Crippen LogP contribution in [0.25, 0.3) is 0 Å². The zero-order valence-corrected chi connectivity index (χ0v) is 9.97. The van der Waals surface area contributed by atoms with Crippen molar-refractivity contribution in [2.24, 2.45) is 0 Å². The molecule has 0 amide bonds. The highest BCUT2D eigenvalue weighted by atomic mass is 79.9. The minimum absolute atomic E-state index is 0.356. The second kappa shape index (κ2) is 5.26. The van der Waals surface area contributed by atoms with Gasteiger partial charge in [-0.25, -0.2) is 0 Å².